The third-order valence-electron chi connectivity index (χ3n) is 4.43. The maximum Gasteiger partial charge on any atom is 0.258 e. The molecule has 4 nitrogen and oxygen atoms in total. The van der Waals surface area contributed by atoms with Gasteiger partial charge in [-0.05, 0) is 37.5 Å². The highest BCUT2D eigenvalue weighted by Crippen LogP contribution is 2.30. The predicted octanol–water partition coefficient (Wildman–Crippen LogP) is 3.38. The number of aryl methyl sites for hydroxylation is 1. The van der Waals surface area contributed by atoms with E-state index >= 15 is 0 Å². The van der Waals surface area contributed by atoms with Gasteiger partial charge in [0, 0.05) is 17.5 Å². The van der Waals surface area contributed by atoms with Crippen molar-refractivity contribution in [3.05, 3.63) is 64.7 Å². The highest BCUT2D eigenvalue weighted by atomic mass is 16.5. The Balaban J connectivity index is 1.61. The van der Waals surface area contributed by atoms with Crippen molar-refractivity contribution in [2.24, 2.45) is 0 Å². The Morgan fingerprint density at radius 1 is 1.17 bits per heavy atom. The van der Waals surface area contributed by atoms with Crippen LogP contribution in [0.3, 0.4) is 0 Å². The molecule has 3 rings (SSSR count). The van der Waals surface area contributed by atoms with E-state index in [1.165, 1.54) is 0 Å². The molecule has 1 atom stereocenters. The van der Waals surface area contributed by atoms with Crippen molar-refractivity contribution < 1.29 is 14.3 Å². The lowest BCUT2D eigenvalue weighted by Crippen LogP contribution is -2.31. The maximum absolute atomic E-state index is 12.2. The molecule has 0 saturated heterocycles. The molecule has 2 aromatic rings. The van der Waals surface area contributed by atoms with Crippen LogP contribution in [0.1, 0.15) is 46.4 Å². The Morgan fingerprint density at radius 2 is 1.96 bits per heavy atom. The van der Waals surface area contributed by atoms with E-state index in [1.807, 2.05) is 50.2 Å². The molecule has 0 bridgehead atoms. The minimum atomic E-state index is -0.173. The van der Waals surface area contributed by atoms with Crippen LogP contribution in [0.15, 0.2) is 42.5 Å². The van der Waals surface area contributed by atoms with E-state index in [0.29, 0.717) is 18.6 Å². The first-order valence-corrected chi connectivity index (χ1v) is 8.19. The second kappa shape index (κ2) is 6.87. The molecule has 0 fully saturated rings. The summed E-state index contributed by atoms with van der Waals surface area (Å²) in [6.07, 6.45) is 1.21. The van der Waals surface area contributed by atoms with Gasteiger partial charge in [-0.2, -0.15) is 0 Å². The molecule has 1 aliphatic rings. The number of amides is 1. The molecule has 2 aromatic carbocycles. The topological polar surface area (TPSA) is 55.4 Å². The molecule has 1 aliphatic carbocycles. The molecule has 0 radical (unpaired) electrons. The number of fused-ring (bicyclic) bond motifs is 1. The zero-order valence-corrected chi connectivity index (χ0v) is 14.0. The summed E-state index contributed by atoms with van der Waals surface area (Å²) in [7, 11) is 0. The second-order valence-corrected chi connectivity index (χ2v) is 6.14. The number of Topliss-reactive ketones (excluding diaryl/α,β-unsaturated/α-hetero) is 1. The first kappa shape index (κ1) is 16.2. The van der Waals surface area contributed by atoms with Crippen molar-refractivity contribution in [1.82, 2.24) is 5.32 Å². The molecule has 24 heavy (non-hydrogen) atoms. The maximum atomic E-state index is 12.2. The first-order valence-electron chi connectivity index (χ1n) is 8.19. The minimum absolute atomic E-state index is 0.0547. The van der Waals surface area contributed by atoms with Crippen molar-refractivity contribution in [3.8, 4) is 5.75 Å². The molecular weight excluding hydrogens is 302 g/mol. The van der Waals surface area contributed by atoms with Crippen molar-refractivity contribution in [1.29, 1.82) is 0 Å². The Kier molecular flexibility index (Phi) is 4.65. The lowest BCUT2D eigenvalue weighted by molar-refractivity contribution is -0.123. The molecule has 1 unspecified atom stereocenters. The number of nitrogens with one attached hydrogen (secondary N) is 1. The number of ether oxygens (including phenoxy) is 1. The van der Waals surface area contributed by atoms with Gasteiger partial charge in [0.25, 0.3) is 5.91 Å². The van der Waals surface area contributed by atoms with Gasteiger partial charge in [-0.3, -0.25) is 9.59 Å². The third-order valence-corrected chi connectivity index (χ3v) is 4.43. The number of hydrogen-bond acceptors (Lipinski definition) is 3. The number of ketones is 1. The van der Waals surface area contributed by atoms with Gasteiger partial charge in [0.15, 0.2) is 12.4 Å². The van der Waals surface area contributed by atoms with E-state index < -0.39 is 0 Å². The van der Waals surface area contributed by atoms with Crippen LogP contribution in [0.25, 0.3) is 0 Å². The largest absolute Gasteiger partial charge is 0.483 e. The third kappa shape index (κ3) is 3.32. The Labute approximate surface area is 141 Å². The summed E-state index contributed by atoms with van der Waals surface area (Å²) >= 11 is 0. The summed E-state index contributed by atoms with van der Waals surface area (Å²) in [6.45, 7) is 3.93. The molecule has 0 aromatic heterocycles. The van der Waals surface area contributed by atoms with Crippen LogP contribution in [-0.2, 0) is 11.2 Å². The van der Waals surface area contributed by atoms with Gasteiger partial charge in [0.2, 0.25) is 0 Å². The normalized spacial score (nSPS) is 14.2. The number of carbonyl (C=O) groups excluding carboxylic acids is 2. The van der Waals surface area contributed by atoms with Crippen LogP contribution in [0.5, 0.6) is 5.75 Å². The van der Waals surface area contributed by atoms with E-state index in [-0.39, 0.29) is 24.3 Å². The van der Waals surface area contributed by atoms with E-state index in [2.05, 4.69) is 5.32 Å². The molecule has 1 N–H and O–H groups in total. The molecule has 124 valence electrons. The van der Waals surface area contributed by atoms with Gasteiger partial charge in [-0.15, -0.1) is 0 Å². The van der Waals surface area contributed by atoms with Crippen LogP contribution in [-0.4, -0.2) is 18.3 Å². The molecule has 0 heterocycles. The Morgan fingerprint density at radius 3 is 2.75 bits per heavy atom. The van der Waals surface area contributed by atoms with Crippen LogP contribution < -0.4 is 10.1 Å². The minimum Gasteiger partial charge on any atom is -0.483 e. The molecule has 1 amide bonds. The number of benzene rings is 2. The van der Waals surface area contributed by atoms with Gasteiger partial charge in [-0.1, -0.05) is 36.4 Å². The predicted molar refractivity (Wildman–Crippen MR) is 92.3 cm³/mol. The highest BCUT2D eigenvalue weighted by molar-refractivity contribution is 6.01. The summed E-state index contributed by atoms with van der Waals surface area (Å²) < 4.78 is 5.66. The lowest BCUT2D eigenvalue weighted by Gasteiger charge is -2.17. The van der Waals surface area contributed by atoms with Crippen molar-refractivity contribution in [2.45, 2.75) is 32.7 Å². The molecule has 4 heteroatoms. The van der Waals surface area contributed by atoms with Crippen LogP contribution in [0.2, 0.25) is 0 Å². The van der Waals surface area contributed by atoms with Crippen LogP contribution in [0, 0.1) is 6.92 Å². The van der Waals surface area contributed by atoms with Crippen molar-refractivity contribution in [3.63, 3.8) is 0 Å². The van der Waals surface area contributed by atoms with E-state index in [0.717, 1.165) is 22.3 Å². The zero-order chi connectivity index (χ0) is 17.1. The van der Waals surface area contributed by atoms with Gasteiger partial charge in [-0.25, -0.2) is 0 Å². The Hall–Kier alpha value is -2.62. The van der Waals surface area contributed by atoms with Crippen LogP contribution in [0.4, 0.5) is 0 Å². The summed E-state index contributed by atoms with van der Waals surface area (Å²) in [5, 5.41) is 2.95. The molecule has 0 aliphatic heterocycles. The van der Waals surface area contributed by atoms with E-state index in [4.69, 9.17) is 4.74 Å². The lowest BCUT2D eigenvalue weighted by atomic mass is 10.0. The fourth-order valence-electron chi connectivity index (χ4n) is 3.17. The van der Waals surface area contributed by atoms with E-state index in [1.54, 1.807) is 6.07 Å². The number of carbonyl (C=O) groups is 2. The first-order chi connectivity index (χ1) is 11.6. The second-order valence-electron chi connectivity index (χ2n) is 6.14. The standard InChI is InChI=1S/C20H21NO3/c1-13-6-3-4-7-15(13)14(2)21-20(23)12-24-19-9-5-8-16-17(19)10-11-18(16)22/h3-9,14H,10-12H2,1-2H3,(H,21,23). The van der Waals surface area contributed by atoms with Gasteiger partial charge < -0.3 is 10.1 Å². The average Bonchev–Trinajstić information content (AvgIpc) is 2.95. The molecule has 0 spiro atoms. The number of hydrogen-bond donors (Lipinski definition) is 1. The monoisotopic (exact) mass is 323 g/mol. The molecule has 0 saturated carbocycles. The summed E-state index contributed by atoms with van der Waals surface area (Å²) in [5.74, 6) is 0.609. The Bertz CT molecular complexity index is 782. The zero-order valence-electron chi connectivity index (χ0n) is 14.0. The smallest absolute Gasteiger partial charge is 0.258 e. The van der Waals surface area contributed by atoms with E-state index in [9.17, 15) is 9.59 Å². The van der Waals surface area contributed by atoms with Crippen LogP contribution >= 0.6 is 0 Å². The molecular formula is C20H21NO3. The fraction of sp³-hybridized carbons (Fsp3) is 0.300. The number of rotatable bonds is 5. The SMILES string of the molecule is Cc1ccccc1C(C)NC(=O)COc1cccc2c1CCC2=O. The fourth-order valence-corrected chi connectivity index (χ4v) is 3.17. The highest BCUT2D eigenvalue weighted by Gasteiger charge is 2.23. The summed E-state index contributed by atoms with van der Waals surface area (Å²) in [6, 6.07) is 13.3. The summed E-state index contributed by atoms with van der Waals surface area (Å²) in [5.41, 5.74) is 3.88. The van der Waals surface area contributed by atoms with Crippen molar-refractivity contribution >= 4 is 11.7 Å². The van der Waals surface area contributed by atoms with Gasteiger partial charge in [0.05, 0.1) is 6.04 Å². The summed E-state index contributed by atoms with van der Waals surface area (Å²) in [4.78, 5) is 23.9. The van der Waals surface area contributed by atoms with Crippen molar-refractivity contribution in [2.75, 3.05) is 6.61 Å². The van der Waals surface area contributed by atoms with Gasteiger partial charge in [0.1, 0.15) is 5.75 Å². The quantitative estimate of drug-likeness (QED) is 0.918. The average molecular weight is 323 g/mol. The van der Waals surface area contributed by atoms with Gasteiger partial charge >= 0.3 is 0 Å².